The molecule has 0 amide bonds. The van der Waals surface area contributed by atoms with Crippen molar-refractivity contribution in [2.45, 2.75) is 13.0 Å². The Morgan fingerprint density at radius 1 is 1.41 bits per heavy atom. The molecule has 0 saturated heterocycles. The van der Waals surface area contributed by atoms with E-state index in [0.717, 1.165) is 27.3 Å². The molecule has 0 fully saturated rings. The van der Waals surface area contributed by atoms with Crippen molar-refractivity contribution in [1.82, 2.24) is 4.98 Å². The number of nitrogens with two attached hydrogens (primary N) is 1. The highest BCUT2D eigenvalue weighted by Crippen LogP contribution is 2.19. The second kappa shape index (κ2) is 6.14. The molecule has 0 bridgehead atoms. The summed E-state index contributed by atoms with van der Waals surface area (Å²) in [6.07, 6.45) is 0.827. The van der Waals surface area contributed by atoms with Crippen LogP contribution >= 0.6 is 27.3 Å². The van der Waals surface area contributed by atoms with Crippen molar-refractivity contribution < 1.29 is 4.74 Å². The van der Waals surface area contributed by atoms with Crippen molar-refractivity contribution in [2.24, 2.45) is 5.73 Å². The monoisotopic (exact) mass is 312 g/mol. The highest BCUT2D eigenvalue weighted by molar-refractivity contribution is 9.10. The lowest BCUT2D eigenvalue weighted by Gasteiger charge is -2.03. The number of aromatic nitrogens is 1. The summed E-state index contributed by atoms with van der Waals surface area (Å²) in [5.41, 5.74) is 6.53. The molecule has 0 aliphatic carbocycles. The van der Waals surface area contributed by atoms with Crippen LogP contribution in [0.1, 0.15) is 10.7 Å². The predicted molar refractivity (Wildman–Crippen MR) is 73.3 cm³/mol. The van der Waals surface area contributed by atoms with Crippen molar-refractivity contribution in [2.75, 3.05) is 6.54 Å². The molecule has 0 aliphatic heterocycles. The Hall–Kier alpha value is -0.910. The zero-order chi connectivity index (χ0) is 12.1. The maximum absolute atomic E-state index is 5.65. The third kappa shape index (κ3) is 3.80. The first kappa shape index (κ1) is 12.5. The zero-order valence-electron chi connectivity index (χ0n) is 9.23. The van der Waals surface area contributed by atoms with Gasteiger partial charge in [0, 0.05) is 16.3 Å². The molecule has 0 unspecified atom stereocenters. The molecule has 0 radical (unpaired) electrons. The normalized spacial score (nSPS) is 10.5. The molecule has 1 aromatic carbocycles. The van der Waals surface area contributed by atoms with Gasteiger partial charge < -0.3 is 10.5 Å². The van der Waals surface area contributed by atoms with E-state index in [1.54, 1.807) is 11.3 Å². The molecule has 1 heterocycles. The summed E-state index contributed by atoms with van der Waals surface area (Å²) < 4.78 is 6.66. The van der Waals surface area contributed by atoms with Crippen LogP contribution in [0.5, 0.6) is 5.75 Å². The van der Waals surface area contributed by atoms with Gasteiger partial charge in [-0.3, -0.25) is 0 Å². The van der Waals surface area contributed by atoms with Crippen LogP contribution in [0.2, 0.25) is 0 Å². The summed E-state index contributed by atoms with van der Waals surface area (Å²) in [7, 11) is 0. The number of halogens is 1. The van der Waals surface area contributed by atoms with Gasteiger partial charge in [0.25, 0.3) is 0 Å². The van der Waals surface area contributed by atoms with E-state index in [0.29, 0.717) is 13.2 Å². The Labute approximate surface area is 113 Å². The molecule has 0 spiro atoms. The van der Waals surface area contributed by atoms with Gasteiger partial charge in [0.2, 0.25) is 0 Å². The van der Waals surface area contributed by atoms with Crippen molar-refractivity contribution >= 4 is 27.3 Å². The third-order valence-electron chi connectivity index (χ3n) is 2.16. The highest BCUT2D eigenvalue weighted by atomic mass is 79.9. The zero-order valence-corrected chi connectivity index (χ0v) is 11.6. The van der Waals surface area contributed by atoms with Crippen molar-refractivity contribution in [3.63, 3.8) is 0 Å². The fraction of sp³-hybridized carbons (Fsp3) is 0.250. The Bertz CT molecular complexity index is 487. The Morgan fingerprint density at radius 2 is 2.29 bits per heavy atom. The molecular formula is C12H13BrN2OS. The van der Waals surface area contributed by atoms with Gasteiger partial charge in [-0.05, 0) is 24.7 Å². The largest absolute Gasteiger partial charge is 0.486 e. The average Bonchev–Trinajstić information content (AvgIpc) is 2.75. The smallest absolute Gasteiger partial charge is 0.140 e. The van der Waals surface area contributed by atoms with Crippen LogP contribution in [0, 0.1) is 0 Å². The highest BCUT2D eigenvalue weighted by Gasteiger charge is 2.02. The number of nitrogens with zero attached hydrogens (tertiary/aromatic N) is 1. The van der Waals surface area contributed by atoms with E-state index in [1.165, 1.54) is 0 Å². The van der Waals surface area contributed by atoms with Crippen LogP contribution in [0.3, 0.4) is 0 Å². The van der Waals surface area contributed by atoms with Crippen LogP contribution in [0.25, 0.3) is 0 Å². The molecule has 17 heavy (non-hydrogen) atoms. The number of rotatable bonds is 5. The van der Waals surface area contributed by atoms with E-state index in [2.05, 4.69) is 20.9 Å². The van der Waals surface area contributed by atoms with Gasteiger partial charge in [-0.2, -0.15) is 0 Å². The summed E-state index contributed by atoms with van der Waals surface area (Å²) in [5, 5.41) is 3.01. The Morgan fingerprint density at radius 3 is 3.06 bits per heavy atom. The average molecular weight is 313 g/mol. The summed E-state index contributed by atoms with van der Waals surface area (Å²) in [6, 6.07) is 7.78. The third-order valence-corrected chi connectivity index (χ3v) is 3.52. The van der Waals surface area contributed by atoms with Crippen LogP contribution < -0.4 is 10.5 Å². The standard InChI is InChI=1S/C12H13BrN2OS/c13-9-2-1-3-11(6-9)16-7-12-15-10(4-5-14)8-17-12/h1-3,6,8H,4-5,7,14H2. The van der Waals surface area contributed by atoms with E-state index in [-0.39, 0.29) is 0 Å². The van der Waals surface area contributed by atoms with Crippen LogP contribution in [0.15, 0.2) is 34.1 Å². The van der Waals surface area contributed by atoms with Gasteiger partial charge in [-0.25, -0.2) is 4.98 Å². The molecule has 1 aromatic heterocycles. The number of benzene rings is 1. The molecular weight excluding hydrogens is 300 g/mol. The number of thiazole rings is 1. The SMILES string of the molecule is NCCc1csc(COc2cccc(Br)c2)n1. The first-order valence-electron chi connectivity index (χ1n) is 5.29. The maximum Gasteiger partial charge on any atom is 0.140 e. The fourth-order valence-corrected chi connectivity index (χ4v) is 2.50. The number of hydrogen-bond acceptors (Lipinski definition) is 4. The van der Waals surface area contributed by atoms with Gasteiger partial charge >= 0.3 is 0 Å². The molecule has 0 saturated carbocycles. The first-order valence-corrected chi connectivity index (χ1v) is 6.97. The minimum atomic E-state index is 0.506. The minimum Gasteiger partial charge on any atom is -0.486 e. The van der Waals surface area contributed by atoms with E-state index in [9.17, 15) is 0 Å². The molecule has 3 nitrogen and oxygen atoms in total. The second-order valence-corrected chi connectivity index (χ2v) is 5.38. The van der Waals surface area contributed by atoms with Gasteiger partial charge in [0.15, 0.2) is 0 Å². The topological polar surface area (TPSA) is 48.1 Å². The van der Waals surface area contributed by atoms with E-state index in [1.807, 2.05) is 29.6 Å². The fourth-order valence-electron chi connectivity index (χ4n) is 1.38. The molecule has 0 atom stereocenters. The Kier molecular flexibility index (Phi) is 4.53. The molecule has 2 aromatic rings. The van der Waals surface area contributed by atoms with Crippen molar-refractivity contribution in [1.29, 1.82) is 0 Å². The van der Waals surface area contributed by atoms with Crippen molar-refractivity contribution in [3.05, 3.63) is 44.8 Å². The lowest BCUT2D eigenvalue weighted by atomic mass is 10.3. The van der Waals surface area contributed by atoms with Crippen LogP contribution in [-0.2, 0) is 13.0 Å². The van der Waals surface area contributed by atoms with E-state index in [4.69, 9.17) is 10.5 Å². The Balaban J connectivity index is 1.93. The molecule has 5 heteroatoms. The van der Waals surface area contributed by atoms with Gasteiger partial charge in [0.1, 0.15) is 17.4 Å². The summed E-state index contributed by atoms with van der Waals surface area (Å²) in [5.74, 6) is 0.843. The van der Waals surface area contributed by atoms with Gasteiger partial charge in [-0.15, -0.1) is 11.3 Å². The molecule has 2 N–H and O–H groups in total. The number of ether oxygens (including phenoxy) is 1. The quantitative estimate of drug-likeness (QED) is 0.923. The minimum absolute atomic E-state index is 0.506. The first-order chi connectivity index (χ1) is 8.28. The lowest BCUT2D eigenvalue weighted by molar-refractivity contribution is 0.305. The van der Waals surface area contributed by atoms with Crippen molar-refractivity contribution in [3.8, 4) is 5.75 Å². The van der Waals surface area contributed by atoms with Gasteiger partial charge in [0.05, 0.1) is 5.69 Å². The summed E-state index contributed by atoms with van der Waals surface area (Å²) >= 11 is 5.02. The summed E-state index contributed by atoms with van der Waals surface area (Å²) in [6.45, 7) is 1.14. The maximum atomic E-state index is 5.65. The van der Waals surface area contributed by atoms with E-state index >= 15 is 0 Å². The molecule has 0 aliphatic rings. The predicted octanol–water partition coefficient (Wildman–Crippen LogP) is 2.99. The van der Waals surface area contributed by atoms with Crippen LogP contribution in [-0.4, -0.2) is 11.5 Å². The number of hydrogen-bond donors (Lipinski definition) is 1. The summed E-state index contributed by atoms with van der Waals surface area (Å²) in [4.78, 5) is 4.44. The van der Waals surface area contributed by atoms with Crippen LogP contribution in [0.4, 0.5) is 0 Å². The van der Waals surface area contributed by atoms with Gasteiger partial charge in [-0.1, -0.05) is 22.0 Å². The lowest BCUT2D eigenvalue weighted by Crippen LogP contribution is -2.03. The molecule has 90 valence electrons. The molecule has 2 rings (SSSR count). The van der Waals surface area contributed by atoms with E-state index < -0.39 is 0 Å². The second-order valence-electron chi connectivity index (χ2n) is 3.52.